The third kappa shape index (κ3) is 2.92. The van der Waals surface area contributed by atoms with Crippen LogP contribution in [0.25, 0.3) is 10.2 Å². The summed E-state index contributed by atoms with van der Waals surface area (Å²) in [7, 11) is 0. The van der Waals surface area contributed by atoms with Crippen molar-refractivity contribution in [1.82, 2.24) is 14.9 Å². The Balaban J connectivity index is 1.49. The van der Waals surface area contributed by atoms with E-state index in [1.165, 1.54) is 23.3 Å². The lowest BCUT2D eigenvalue weighted by Gasteiger charge is -2.23. The minimum Gasteiger partial charge on any atom is -0.311 e. The Hall–Kier alpha value is -1.98. The largest absolute Gasteiger partial charge is 0.311 e. The maximum atomic E-state index is 13.0. The van der Waals surface area contributed by atoms with E-state index < -0.39 is 0 Å². The fourth-order valence-electron chi connectivity index (χ4n) is 3.82. The molecule has 3 aromatic rings. The molecule has 2 aliphatic carbocycles. The number of aryl methyl sites for hydroxylation is 1. The number of hydrogen-bond donors (Lipinski definition) is 1. The molecule has 0 spiro atoms. The van der Waals surface area contributed by atoms with Crippen LogP contribution in [0.1, 0.15) is 35.3 Å². The SMILES string of the molecule is O=c1c2c3c(sc2ncn1Cc1ccccc1)CC(NC1CC1)CC3. The van der Waals surface area contributed by atoms with Gasteiger partial charge in [0.05, 0.1) is 18.3 Å². The molecule has 25 heavy (non-hydrogen) atoms. The van der Waals surface area contributed by atoms with Crippen LogP contribution in [0.2, 0.25) is 0 Å². The predicted octanol–water partition coefficient (Wildman–Crippen LogP) is 3.12. The van der Waals surface area contributed by atoms with E-state index in [1.807, 2.05) is 30.3 Å². The third-order valence-electron chi connectivity index (χ3n) is 5.28. The van der Waals surface area contributed by atoms with Gasteiger partial charge in [-0.2, -0.15) is 0 Å². The molecule has 1 N–H and O–H groups in total. The summed E-state index contributed by atoms with van der Waals surface area (Å²) in [6.45, 7) is 0.582. The molecular formula is C20H21N3OS. The number of nitrogens with zero attached hydrogens (tertiary/aromatic N) is 2. The maximum absolute atomic E-state index is 13.0. The molecule has 2 aromatic heterocycles. The molecule has 4 nitrogen and oxygen atoms in total. The highest BCUT2D eigenvalue weighted by Crippen LogP contribution is 2.34. The number of aromatic nitrogens is 2. The number of fused-ring (bicyclic) bond motifs is 3. The predicted molar refractivity (Wildman–Crippen MR) is 101 cm³/mol. The lowest BCUT2D eigenvalue weighted by Crippen LogP contribution is -2.35. The average molecular weight is 351 g/mol. The summed E-state index contributed by atoms with van der Waals surface area (Å²) in [5.41, 5.74) is 2.50. The van der Waals surface area contributed by atoms with Crippen LogP contribution in [-0.4, -0.2) is 21.6 Å². The van der Waals surface area contributed by atoms with Crippen molar-refractivity contribution < 1.29 is 0 Å². The van der Waals surface area contributed by atoms with Crippen LogP contribution >= 0.6 is 11.3 Å². The van der Waals surface area contributed by atoms with Gasteiger partial charge in [0.1, 0.15) is 4.83 Å². The minimum absolute atomic E-state index is 0.111. The number of thiophene rings is 1. The molecule has 5 heteroatoms. The van der Waals surface area contributed by atoms with E-state index in [1.54, 1.807) is 22.2 Å². The van der Waals surface area contributed by atoms with Gasteiger partial charge in [-0.05, 0) is 43.2 Å². The molecule has 0 bridgehead atoms. The molecule has 2 aliphatic rings. The summed E-state index contributed by atoms with van der Waals surface area (Å²) in [4.78, 5) is 19.9. The van der Waals surface area contributed by atoms with Gasteiger partial charge in [-0.3, -0.25) is 9.36 Å². The van der Waals surface area contributed by atoms with E-state index in [9.17, 15) is 4.79 Å². The van der Waals surface area contributed by atoms with Crippen molar-refractivity contribution in [2.75, 3.05) is 0 Å². The standard InChI is InChI=1S/C20H21N3OS/c24-20-18-16-9-8-15(22-14-6-7-14)10-17(16)25-19(18)21-12-23(20)11-13-4-2-1-3-5-13/h1-5,12,14-15,22H,6-11H2. The van der Waals surface area contributed by atoms with Crippen LogP contribution in [0.5, 0.6) is 0 Å². The summed E-state index contributed by atoms with van der Waals surface area (Å²) in [6, 6.07) is 11.4. The quantitative estimate of drug-likeness (QED) is 0.786. The lowest BCUT2D eigenvalue weighted by molar-refractivity contribution is 0.461. The Kier molecular flexibility index (Phi) is 3.71. The van der Waals surface area contributed by atoms with E-state index in [2.05, 4.69) is 10.3 Å². The summed E-state index contributed by atoms with van der Waals surface area (Å²) in [6.07, 6.45) is 7.52. The first-order chi connectivity index (χ1) is 12.3. The van der Waals surface area contributed by atoms with Gasteiger partial charge in [-0.1, -0.05) is 30.3 Å². The normalized spacial score (nSPS) is 19.9. The van der Waals surface area contributed by atoms with Crippen molar-refractivity contribution in [3.8, 4) is 0 Å². The van der Waals surface area contributed by atoms with Gasteiger partial charge in [0.25, 0.3) is 5.56 Å². The Bertz CT molecular complexity index is 972. The molecule has 0 radical (unpaired) electrons. The molecule has 1 saturated carbocycles. The molecule has 0 aliphatic heterocycles. The molecule has 1 atom stereocenters. The number of rotatable bonds is 4. The molecule has 1 fully saturated rings. The maximum Gasteiger partial charge on any atom is 0.262 e. The van der Waals surface area contributed by atoms with Gasteiger partial charge in [-0.15, -0.1) is 11.3 Å². The van der Waals surface area contributed by atoms with Crippen LogP contribution in [-0.2, 0) is 19.4 Å². The lowest BCUT2D eigenvalue weighted by atomic mass is 9.93. The van der Waals surface area contributed by atoms with Crippen molar-refractivity contribution in [2.24, 2.45) is 0 Å². The highest BCUT2D eigenvalue weighted by atomic mass is 32.1. The van der Waals surface area contributed by atoms with Crippen LogP contribution in [0.4, 0.5) is 0 Å². The molecule has 2 heterocycles. The number of hydrogen-bond acceptors (Lipinski definition) is 4. The first-order valence-electron chi connectivity index (χ1n) is 9.07. The summed E-state index contributed by atoms with van der Waals surface area (Å²) >= 11 is 1.72. The van der Waals surface area contributed by atoms with Gasteiger partial charge >= 0.3 is 0 Å². The minimum atomic E-state index is 0.111. The second kappa shape index (κ2) is 6.07. The topological polar surface area (TPSA) is 46.9 Å². The third-order valence-corrected chi connectivity index (χ3v) is 6.44. The van der Waals surface area contributed by atoms with Crippen LogP contribution < -0.4 is 10.9 Å². The Morgan fingerprint density at radius 3 is 2.80 bits per heavy atom. The van der Waals surface area contributed by atoms with Crippen molar-refractivity contribution in [3.05, 3.63) is 63.0 Å². The van der Waals surface area contributed by atoms with Gasteiger partial charge in [0.15, 0.2) is 0 Å². The average Bonchev–Trinajstić information content (AvgIpc) is 3.36. The number of benzene rings is 1. The summed E-state index contributed by atoms with van der Waals surface area (Å²) in [5.74, 6) is 0. The van der Waals surface area contributed by atoms with E-state index in [0.717, 1.165) is 41.1 Å². The first-order valence-corrected chi connectivity index (χ1v) is 9.89. The zero-order valence-electron chi connectivity index (χ0n) is 14.1. The fraction of sp³-hybridized carbons (Fsp3) is 0.400. The summed E-state index contributed by atoms with van der Waals surface area (Å²) < 4.78 is 1.75. The van der Waals surface area contributed by atoms with Crippen LogP contribution in [0, 0.1) is 0 Å². The van der Waals surface area contributed by atoms with Crippen molar-refractivity contribution in [1.29, 1.82) is 0 Å². The fourth-order valence-corrected chi connectivity index (χ4v) is 5.08. The van der Waals surface area contributed by atoms with Crippen LogP contribution in [0.3, 0.4) is 0 Å². The van der Waals surface area contributed by atoms with Crippen molar-refractivity contribution in [3.63, 3.8) is 0 Å². The first kappa shape index (κ1) is 15.3. The molecule has 1 aromatic carbocycles. The molecule has 0 amide bonds. The van der Waals surface area contributed by atoms with Gasteiger partial charge < -0.3 is 5.32 Å². The van der Waals surface area contributed by atoms with Gasteiger partial charge in [0.2, 0.25) is 0 Å². The summed E-state index contributed by atoms with van der Waals surface area (Å²) in [5, 5.41) is 4.60. The highest BCUT2D eigenvalue weighted by Gasteiger charge is 2.29. The Morgan fingerprint density at radius 1 is 1.16 bits per heavy atom. The van der Waals surface area contributed by atoms with Gasteiger partial charge in [-0.25, -0.2) is 4.98 Å². The van der Waals surface area contributed by atoms with Gasteiger partial charge in [0, 0.05) is 17.0 Å². The van der Waals surface area contributed by atoms with Crippen LogP contribution in [0.15, 0.2) is 41.5 Å². The Morgan fingerprint density at radius 2 is 2.00 bits per heavy atom. The Labute approximate surface area is 150 Å². The smallest absolute Gasteiger partial charge is 0.262 e. The molecule has 1 unspecified atom stereocenters. The zero-order chi connectivity index (χ0) is 16.8. The van der Waals surface area contributed by atoms with E-state index in [4.69, 9.17) is 0 Å². The van der Waals surface area contributed by atoms with E-state index in [0.29, 0.717) is 12.6 Å². The number of nitrogens with one attached hydrogen (secondary N) is 1. The van der Waals surface area contributed by atoms with Crippen molar-refractivity contribution in [2.45, 2.75) is 50.7 Å². The molecular weight excluding hydrogens is 330 g/mol. The van der Waals surface area contributed by atoms with Crippen molar-refractivity contribution >= 4 is 21.6 Å². The second-order valence-electron chi connectivity index (χ2n) is 7.23. The van der Waals surface area contributed by atoms with E-state index in [-0.39, 0.29) is 5.56 Å². The molecule has 0 saturated heterocycles. The monoisotopic (exact) mass is 351 g/mol. The van der Waals surface area contributed by atoms with E-state index >= 15 is 0 Å². The highest BCUT2D eigenvalue weighted by molar-refractivity contribution is 7.18. The second-order valence-corrected chi connectivity index (χ2v) is 8.31. The zero-order valence-corrected chi connectivity index (χ0v) is 14.9. The molecule has 5 rings (SSSR count). The molecule has 128 valence electrons.